The van der Waals surface area contributed by atoms with E-state index in [1.165, 1.54) is 18.2 Å². The van der Waals surface area contributed by atoms with Crippen molar-refractivity contribution in [1.82, 2.24) is 0 Å². The van der Waals surface area contributed by atoms with Gasteiger partial charge in [0, 0.05) is 0 Å². The van der Waals surface area contributed by atoms with Crippen molar-refractivity contribution in [3.05, 3.63) is 42.0 Å². The summed E-state index contributed by atoms with van der Waals surface area (Å²) in [7, 11) is -4.16. The lowest BCUT2D eigenvalue weighted by Gasteiger charge is -2.35. The van der Waals surface area contributed by atoms with Crippen molar-refractivity contribution < 1.29 is 27.0 Å². The lowest BCUT2D eigenvalue weighted by atomic mass is 9.72. The van der Waals surface area contributed by atoms with Crippen LogP contribution in [0.4, 0.5) is 8.78 Å². The summed E-state index contributed by atoms with van der Waals surface area (Å²) in [4.78, 5) is 0.00788. The van der Waals surface area contributed by atoms with Gasteiger partial charge in [0.1, 0.15) is 10.9 Å². The van der Waals surface area contributed by atoms with Gasteiger partial charge in [0.2, 0.25) is 0 Å². The fraction of sp³-hybridized carbons (Fsp3) is 0.619. The van der Waals surface area contributed by atoms with E-state index in [2.05, 4.69) is 0 Å². The first kappa shape index (κ1) is 18.7. The van der Waals surface area contributed by atoms with Gasteiger partial charge in [0.25, 0.3) is 5.92 Å². The van der Waals surface area contributed by atoms with Crippen molar-refractivity contribution in [1.29, 1.82) is 0 Å². The van der Waals surface area contributed by atoms with E-state index in [0.717, 1.165) is 12.0 Å². The Hall–Kier alpha value is -1.31. The zero-order valence-electron chi connectivity index (χ0n) is 15.7. The number of hydrogen-bond acceptors (Lipinski definition) is 4. The quantitative estimate of drug-likeness (QED) is 0.776. The fourth-order valence-corrected chi connectivity index (χ4v) is 8.96. The largest absolute Gasteiger partial charge is 0.393 e. The molecule has 3 fully saturated rings. The summed E-state index contributed by atoms with van der Waals surface area (Å²) < 4.78 is 64.7. The lowest BCUT2D eigenvalue weighted by molar-refractivity contribution is -0.0175. The topological polar surface area (TPSA) is 63.6 Å². The molecule has 2 aliphatic carbocycles. The van der Waals surface area contributed by atoms with Crippen molar-refractivity contribution in [2.24, 2.45) is 10.8 Å². The average Bonchev–Trinajstić information content (AvgIpc) is 3.08. The molecular weight excluding hydrogens is 386 g/mol. The van der Waals surface area contributed by atoms with Gasteiger partial charge in [-0.1, -0.05) is 49.1 Å². The number of rotatable bonds is 3. The van der Waals surface area contributed by atoms with Crippen LogP contribution in [0.2, 0.25) is 0 Å². The Balaban J connectivity index is 1.72. The molecule has 2 aliphatic heterocycles. The number of aliphatic hydroxyl groups is 1. The van der Waals surface area contributed by atoms with Gasteiger partial charge in [0.15, 0.2) is 9.84 Å². The van der Waals surface area contributed by atoms with E-state index in [-0.39, 0.29) is 4.90 Å². The molecule has 2 saturated carbocycles. The van der Waals surface area contributed by atoms with Crippen LogP contribution in [0, 0.1) is 17.8 Å². The highest BCUT2D eigenvalue weighted by Gasteiger charge is 3.00. The highest BCUT2D eigenvalue weighted by atomic mass is 32.2. The maximum absolute atomic E-state index is 15.7. The lowest BCUT2D eigenvalue weighted by Crippen LogP contribution is -2.52. The molecule has 0 radical (unpaired) electrons. The fourth-order valence-electron chi connectivity index (χ4n) is 6.44. The molecule has 28 heavy (non-hydrogen) atoms. The maximum atomic E-state index is 15.7. The molecule has 0 aromatic heterocycles. The van der Waals surface area contributed by atoms with Gasteiger partial charge in [0.05, 0.1) is 28.4 Å². The van der Waals surface area contributed by atoms with Crippen molar-refractivity contribution >= 4 is 9.84 Å². The molecule has 1 saturated heterocycles. The van der Waals surface area contributed by atoms with E-state index in [1.54, 1.807) is 18.2 Å². The summed E-state index contributed by atoms with van der Waals surface area (Å²) in [6.07, 6.45) is 4.87. The first-order valence-corrected chi connectivity index (χ1v) is 11.4. The number of alkyl halides is 2. The zero-order valence-corrected chi connectivity index (χ0v) is 16.5. The Morgan fingerprint density at radius 1 is 1.14 bits per heavy atom. The summed E-state index contributed by atoms with van der Waals surface area (Å²) in [5.74, 6) is -3.14. The molecular formula is C21H24F2O4S. The van der Waals surface area contributed by atoms with Crippen LogP contribution in [0.5, 0.6) is 0 Å². The molecule has 0 unspecified atom stereocenters. The molecule has 0 amide bonds. The second kappa shape index (κ2) is 5.43. The molecule has 5 rings (SSSR count). The standard InChI is InChI=1S/C21H24F2O4S/c1-14-5-7-15(8-6-14)28(25,26)17-18(13-24)12-9-16(27-18)20(17)19(21(20,22)23)10-3-2-4-11-19/h5-9,12,16-17,24H,2-4,10-11,13H2,1H3/t16-,17-,18-,20-/m1/s1. The smallest absolute Gasteiger partial charge is 0.265 e. The summed E-state index contributed by atoms with van der Waals surface area (Å²) in [5.41, 5.74) is -3.90. The number of sulfone groups is 1. The van der Waals surface area contributed by atoms with Gasteiger partial charge in [-0.15, -0.1) is 0 Å². The molecule has 1 N–H and O–H groups in total. The zero-order chi connectivity index (χ0) is 20.0. The number of aryl methyl sites for hydroxylation is 1. The van der Waals surface area contributed by atoms with Crippen LogP contribution in [-0.4, -0.2) is 43.0 Å². The third kappa shape index (κ3) is 1.80. The molecule has 4 atom stereocenters. The molecule has 7 heteroatoms. The van der Waals surface area contributed by atoms with Crippen LogP contribution in [0.25, 0.3) is 0 Å². The Morgan fingerprint density at radius 3 is 2.39 bits per heavy atom. The summed E-state index contributed by atoms with van der Waals surface area (Å²) in [6, 6.07) is 6.26. The number of fused-ring (bicyclic) bond motifs is 4. The van der Waals surface area contributed by atoms with Gasteiger partial charge in [-0.2, -0.15) is 0 Å². The maximum Gasteiger partial charge on any atom is 0.265 e. The minimum absolute atomic E-state index is 0.00788. The number of benzene rings is 1. The number of aliphatic hydroxyl groups excluding tert-OH is 1. The minimum atomic E-state index is -4.16. The second-order valence-corrected chi connectivity index (χ2v) is 10.9. The molecule has 2 heterocycles. The van der Waals surface area contributed by atoms with E-state index in [9.17, 15) is 13.5 Å². The Morgan fingerprint density at radius 2 is 1.79 bits per heavy atom. The van der Waals surface area contributed by atoms with Crippen LogP contribution in [-0.2, 0) is 14.6 Å². The predicted molar refractivity (Wildman–Crippen MR) is 98.9 cm³/mol. The van der Waals surface area contributed by atoms with Crippen LogP contribution in [0.3, 0.4) is 0 Å². The van der Waals surface area contributed by atoms with Crippen molar-refractivity contribution in [2.75, 3.05) is 6.61 Å². The van der Waals surface area contributed by atoms with E-state index < -0.39 is 50.2 Å². The van der Waals surface area contributed by atoms with Crippen molar-refractivity contribution in [3.8, 4) is 0 Å². The minimum Gasteiger partial charge on any atom is -0.393 e. The van der Waals surface area contributed by atoms with Gasteiger partial charge in [-0.25, -0.2) is 17.2 Å². The normalized spacial score (nSPS) is 39.7. The van der Waals surface area contributed by atoms with Crippen LogP contribution in [0.1, 0.15) is 37.7 Å². The van der Waals surface area contributed by atoms with E-state index in [4.69, 9.17) is 4.74 Å². The SMILES string of the molecule is Cc1ccc(S(=O)(=O)[C@H]2[C@@]3([C@H]4C=C[C@]2(CO)O4)C(F)(F)C32CCCCC2)cc1. The molecule has 152 valence electrons. The average molecular weight is 410 g/mol. The third-order valence-electron chi connectivity index (χ3n) is 7.67. The highest BCUT2D eigenvalue weighted by molar-refractivity contribution is 7.92. The Labute approximate surface area is 163 Å². The summed E-state index contributed by atoms with van der Waals surface area (Å²) >= 11 is 0. The molecule has 1 aromatic carbocycles. The van der Waals surface area contributed by atoms with Gasteiger partial charge in [-0.05, 0) is 31.9 Å². The van der Waals surface area contributed by atoms with Crippen molar-refractivity contribution in [3.63, 3.8) is 0 Å². The van der Waals surface area contributed by atoms with Crippen molar-refractivity contribution in [2.45, 2.75) is 66.8 Å². The predicted octanol–water partition coefficient (Wildman–Crippen LogP) is 3.42. The summed E-state index contributed by atoms with van der Waals surface area (Å²) in [6.45, 7) is 1.20. The number of ether oxygens (including phenoxy) is 1. The summed E-state index contributed by atoms with van der Waals surface area (Å²) in [5, 5.41) is 8.60. The highest BCUT2D eigenvalue weighted by Crippen LogP contribution is 2.87. The molecule has 2 bridgehead atoms. The van der Waals surface area contributed by atoms with Gasteiger partial charge < -0.3 is 9.84 Å². The Bertz CT molecular complexity index is 949. The molecule has 2 spiro atoms. The van der Waals surface area contributed by atoms with Gasteiger partial charge in [-0.3, -0.25) is 0 Å². The van der Waals surface area contributed by atoms with Crippen LogP contribution < -0.4 is 0 Å². The van der Waals surface area contributed by atoms with Gasteiger partial charge >= 0.3 is 0 Å². The molecule has 4 aliphatic rings. The third-order valence-corrected chi connectivity index (χ3v) is 9.99. The molecule has 4 nitrogen and oxygen atoms in total. The van der Waals surface area contributed by atoms with E-state index in [0.29, 0.717) is 25.7 Å². The number of hydrogen-bond donors (Lipinski definition) is 1. The van der Waals surface area contributed by atoms with E-state index >= 15 is 8.78 Å². The van der Waals surface area contributed by atoms with Crippen LogP contribution in [0.15, 0.2) is 41.3 Å². The first-order valence-electron chi connectivity index (χ1n) is 9.86. The van der Waals surface area contributed by atoms with Crippen LogP contribution >= 0.6 is 0 Å². The van der Waals surface area contributed by atoms with E-state index in [1.807, 2.05) is 6.92 Å². The second-order valence-electron chi connectivity index (χ2n) is 8.83. The number of halogens is 2. The Kier molecular flexibility index (Phi) is 3.63. The first-order chi connectivity index (χ1) is 13.2. The molecule has 1 aromatic rings. The monoisotopic (exact) mass is 410 g/mol.